The van der Waals surface area contributed by atoms with Gasteiger partial charge in [0.15, 0.2) is 0 Å². The van der Waals surface area contributed by atoms with Crippen LogP contribution in [0.5, 0.6) is 0 Å². The third-order valence-electron chi connectivity index (χ3n) is 3.13. The summed E-state index contributed by atoms with van der Waals surface area (Å²) in [7, 11) is 0. The Morgan fingerprint density at radius 3 is 2.62 bits per heavy atom. The van der Waals surface area contributed by atoms with Crippen LogP contribution in [0.15, 0.2) is 48.5 Å². The van der Waals surface area contributed by atoms with Gasteiger partial charge in [-0.2, -0.15) is 0 Å². The first-order valence-corrected chi connectivity index (χ1v) is 7.00. The normalized spacial score (nSPS) is 10.8. The minimum Gasteiger partial charge on any atom is -0.330 e. The molecule has 3 rings (SSSR count). The van der Waals surface area contributed by atoms with Crippen LogP contribution in [0, 0.1) is 0 Å². The summed E-state index contributed by atoms with van der Waals surface area (Å²) in [6.45, 7) is 0.535. The molecule has 0 radical (unpaired) electrons. The van der Waals surface area contributed by atoms with Crippen LogP contribution in [0.4, 0.5) is 0 Å². The second-order valence-electron chi connectivity index (χ2n) is 4.55. The Bertz CT molecular complexity index is 739. The summed E-state index contributed by atoms with van der Waals surface area (Å²) in [4.78, 5) is 1.47. The van der Waals surface area contributed by atoms with Crippen molar-refractivity contribution in [3.63, 3.8) is 0 Å². The summed E-state index contributed by atoms with van der Waals surface area (Å²) in [6.07, 6.45) is 0.706. The summed E-state index contributed by atoms with van der Waals surface area (Å²) in [6, 6.07) is 15.4. The maximum Gasteiger partial charge on any atom is 0.205 e. The van der Waals surface area contributed by atoms with Crippen LogP contribution in [0.2, 0.25) is 5.02 Å². The predicted molar refractivity (Wildman–Crippen MR) is 82.4 cm³/mol. The molecule has 0 bridgehead atoms. The minimum atomic E-state index is 0.535. The van der Waals surface area contributed by atoms with Gasteiger partial charge in [-0.3, -0.25) is 0 Å². The molecule has 0 fully saturated rings. The quantitative estimate of drug-likeness (QED) is 0.803. The summed E-state index contributed by atoms with van der Waals surface area (Å²) in [5, 5.41) is 13.2. The summed E-state index contributed by atoms with van der Waals surface area (Å²) in [5.41, 5.74) is 8.30. The van der Waals surface area contributed by atoms with Crippen LogP contribution < -0.4 is 5.73 Å². The first-order chi connectivity index (χ1) is 10.3. The largest absolute Gasteiger partial charge is 0.330 e. The van der Waals surface area contributed by atoms with Gasteiger partial charge in [0.2, 0.25) is 5.82 Å². The van der Waals surface area contributed by atoms with E-state index in [4.69, 9.17) is 17.3 Å². The van der Waals surface area contributed by atoms with Crippen molar-refractivity contribution in [3.05, 3.63) is 59.1 Å². The molecule has 0 saturated heterocycles. The molecule has 0 aliphatic heterocycles. The van der Waals surface area contributed by atoms with E-state index in [0.29, 0.717) is 23.8 Å². The first kappa shape index (κ1) is 13.7. The highest BCUT2D eigenvalue weighted by Gasteiger charge is 2.13. The molecular formula is C15H14ClN5. The van der Waals surface area contributed by atoms with E-state index >= 15 is 0 Å². The highest BCUT2D eigenvalue weighted by atomic mass is 35.5. The smallest absolute Gasteiger partial charge is 0.205 e. The number of hydrogen-bond donors (Lipinski definition) is 1. The van der Waals surface area contributed by atoms with Crippen LogP contribution in [-0.4, -0.2) is 26.8 Å². The number of tetrazole rings is 1. The average molecular weight is 300 g/mol. The van der Waals surface area contributed by atoms with E-state index in [1.165, 1.54) is 4.80 Å². The molecular weight excluding hydrogens is 286 g/mol. The molecule has 1 heterocycles. The van der Waals surface area contributed by atoms with Gasteiger partial charge in [-0.1, -0.05) is 54.1 Å². The van der Waals surface area contributed by atoms with Crippen molar-refractivity contribution in [2.24, 2.45) is 5.73 Å². The number of hydrogen-bond acceptors (Lipinski definition) is 4. The Hall–Kier alpha value is -2.24. The van der Waals surface area contributed by atoms with Crippen molar-refractivity contribution in [2.75, 3.05) is 6.54 Å². The van der Waals surface area contributed by atoms with Crippen LogP contribution in [-0.2, 0) is 6.42 Å². The molecule has 0 atom stereocenters. The van der Waals surface area contributed by atoms with Gasteiger partial charge in [-0.15, -0.1) is 15.0 Å². The topological polar surface area (TPSA) is 69.6 Å². The number of aromatic nitrogens is 4. The summed E-state index contributed by atoms with van der Waals surface area (Å²) >= 11 is 6.29. The molecule has 0 aliphatic rings. The Kier molecular flexibility index (Phi) is 3.94. The molecule has 0 saturated carbocycles. The van der Waals surface area contributed by atoms with Crippen LogP contribution >= 0.6 is 11.6 Å². The van der Waals surface area contributed by atoms with Gasteiger partial charge in [0.05, 0.1) is 5.02 Å². The fourth-order valence-corrected chi connectivity index (χ4v) is 2.42. The zero-order valence-corrected chi connectivity index (χ0v) is 12.0. The average Bonchev–Trinajstić information content (AvgIpc) is 2.98. The molecule has 0 amide bonds. The highest BCUT2D eigenvalue weighted by Crippen LogP contribution is 2.24. The third kappa shape index (κ3) is 2.79. The zero-order chi connectivity index (χ0) is 14.7. The molecule has 106 valence electrons. The SMILES string of the molecule is NCCc1cccc(Cl)c1-n1nnc(-c2ccccc2)n1. The van der Waals surface area contributed by atoms with E-state index in [-0.39, 0.29) is 0 Å². The lowest BCUT2D eigenvalue weighted by Crippen LogP contribution is -2.09. The van der Waals surface area contributed by atoms with Gasteiger partial charge in [0, 0.05) is 5.56 Å². The lowest BCUT2D eigenvalue weighted by Gasteiger charge is -2.08. The van der Waals surface area contributed by atoms with Gasteiger partial charge >= 0.3 is 0 Å². The van der Waals surface area contributed by atoms with Crippen LogP contribution in [0.3, 0.4) is 0 Å². The number of nitrogens with two attached hydrogens (primary N) is 1. The fraction of sp³-hybridized carbons (Fsp3) is 0.133. The number of rotatable bonds is 4. The van der Waals surface area contributed by atoms with Crippen LogP contribution in [0.1, 0.15) is 5.56 Å². The van der Waals surface area contributed by atoms with Gasteiger partial charge in [-0.05, 0) is 29.8 Å². The highest BCUT2D eigenvalue weighted by molar-refractivity contribution is 6.32. The van der Waals surface area contributed by atoms with E-state index in [1.54, 1.807) is 0 Å². The molecule has 5 nitrogen and oxygen atoms in total. The minimum absolute atomic E-state index is 0.535. The first-order valence-electron chi connectivity index (χ1n) is 6.63. The molecule has 2 aromatic carbocycles. The molecule has 21 heavy (non-hydrogen) atoms. The van der Waals surface area contributed by atoms with E-state index in [9.17, 15) is 0 Å². The van der Waals surface area contributed by atoms with Gasteiger partial charge in [-0.25, -0.2) is 0 Å². The maximum absolute atomic E-state index is 6.29. The molecule has 3 aromatic rings. The molecule has 0 spiro atoms. The van der Waals surface area contributed by atoms with E-state index in [0.717, 1.165) is 16.8 Å². The second-order valence-corrected chi connectivity index (χ2v) is 4.96. The lowest BCUT2D eigenvalue weighted by molar-refractivity contribution is 0.710. The Labute approximate surface area is 127 Å². The maximum atomic E-state index is 6.29. The summed E-state index contributed by atoms with van der Waals surface area (Å²) in [5.74, 6) is 0.564. The number of nitrogens with zero attached hydrogens (tertiary/aromatic N) is 4. The number of benzene rings is 2. The van der Waals surface area contributed by atoms with Crippen molar-refractivity contribution in [1.29, 1.82) is 0 Å². The van der Waals surface area contributed by atoms with Crippen molar-refractivity contribution < 1.29 is 0 Å². The standard InChI is InChI=1S/C15H14ClN5/c16-13-8-4-7-11(9-10-17)14(13)21-19-15(18-20-21)12-5-2-1-3-6-12/h1-8H,9-10,17H2. The second kappa shape index (κ2) is 6.03. The Balaban J connectivity index is 2.04. The van der Waals surface area contributed by atoms with Crippen molar-refractivity contribution >= 4 is 11.6 Å². The predicted octanol–water partition coefficient (Wildman–Crippen LogP) is 2.48. The monoisotopic (exact) mass is 299 g/mol. The zero-order valence-electron chi connectivity index (χ0n) is 11.3. The number of halogens is 1. The molecule has 2 N–H and O–H groups in total. The van der Waals surface area contributed by atoms with Crippen LogP contribution in [0.25, 0.3) is 17.1 Å². The molecule has 0 aliphatic carbocycles. The van der Waals surface area contributed by atoms with E-state index in [2.05, 4.69) is 15.4 Å². The molecule has 0 unspecified atom stereocenters. The molecule has 6 heteroatoms. The van der Waals surface area contributed by atoms with Gasteiger partial charge < -0.3 is 5.73 Å². The van der Waals surface area contributed by atoms with Gasteiger partial charge in [0.25, 0.3) is 0 Å². The van der Waals surface area contributed by atoms with E-state index in [1.807, 2.05) is 48.5 Å². The summed E-state index contributed by atoms with van der Waals surface area (Å²) < 4.78 is 0. The van der Waals surface area contributed by atoms with Crippen molar-refractivity contribution in [1.82, 2.24) is 20.2 Å². The Morgan fingerprint density at radius 1 is 1.05 bits per heavy atom. The number of para-hydroxylation sites is 1. The van der Waals surface area contributed by atoms with Crippen molar-refractivity contribution in [3.8, 4) is 17.1 Å². The molecule has 1 aromatic heterocycles. The Morgan fingerprint density at radius 2 is 1.86 bits per heavy atom. The van der Waals surface area contributed by atoms with Crippen molar-refractivity contribution in [2.45, 2.75) is 6.42 Å². The lowest BCUT2D eigenvalue weighted by atomic mass is 10.1. The van der Waals surface area contributed by atoms with Gasteiger partial charge in [0.1, 0.15) is 5.69 Å². The third-order valence-corrected chi connectivity index (χ3v) is 3.43. The van der Waals surface area contributed by atoms with E-state index < -0.39 is 0 Å². The fourth-order valence-electron chi connectivity index (χ4n) is 2.15.